The van der Waals surface area contributed by atoms with Gasteiger partial charge in [0.25, 0.3) is 0 Å². The SMILES string of the molecule is O=C([O-])[C@@H](O)c1ccco1. The second kappa shape index (κ2) is 2.53. The monoisotopic (exact) mass is 141 g/mol. The highest BCUT2D eigenvalue weighted by Gasteiger charge is 2.09. The summed E-state index contributed by atoms with van der Waals surface area (Å²) < 4.78 is 4.59. The number of furan rings is 1. The van der Waals surface area contributed by atoms with Crippen LogP contribution in [0.5, 0.6) is 0 Å². The predicted molar refractivity (Wildman–Crippen MR) is 28.7 cm³/mol. The molecule has 0 aliphatic heterocycles. The Morgan fingerprint density at radius 1 is 1.80 bits per heavy atom. The molecule has 0 aliphatic carbocycles. The summed E-state index contributed by atoms with van der Waals surface area (Å²) in [4.78, 5) is 9.98. The van der Waals surface area contributed by atoms with Crippen LogP contribution in [0.1, 0.15) is 11.9 Å². The summed E-state index contributed by atoms with van der Waals surface area (Å²) in [7, 11) is 0. The standard InChI is InChI=1S/C6H6O4/c7-5(6(8)9)4-2-1-3-10-4/h1-3,5,7H,(H,8,9)/p-1/t5-/m0/s1. The second-order valence-corrected chi connectivity index (χ2v) is 1.74. The molecule has 0 saturated carbocycles. The number of carbonyl (C=O) groups excluding carboxylic acids is 1. The Hall–Kier alpha value is -1.29. The minimum absolute atomic E-state index is 0.0139. The van der Waals surface area contributed by atoms with Crippen LogP contribution in [0.4, 0.5) is 0 Å². The lowest BCUT2D eigenvalue weighted by Gasteiger charge is -2.06. The quantitative estimate of drug-likeness (QED) is 0.577. The second-order valence-electron chi connectivity index (χ2n) is 1.74. The molecule has 0 bridgehead atoms. The molecule has 1 heterocycles. The smallest absolute Gasteiger partial charge is 0.151 e. The third kappa shape index (κ3) is 1.16. The van der Waals surface area contributed by atoms with Crippen molar-refractivity contribution in [2.75, 3.05) is 0 Å². The van der Waals surface area contributed by atoms with Crippen molar-refractivity contribution in [3.8, 4) is 0 Å². The Bertz CT molecular complexity index is 214. The molecule has 0 aliphatic rings. The highest BCUT2D eigenvalue weighted by atomic mass is 16.4. The van der Waals surface area contributed by atoms with Crippen LogP contribution < -0.4 is 5.11 Å². The lowest BCUT2D eigenvalue weighted by Crippen LogP contribution is -2.29. The van der Waals surface area contributed by atoms with Crippen LogP contribution >= 0.6 is 0 Å². The molecule has 0 amide bonds. The molecule has 1 N–H and O–H groups in total. The third-order valence-electron chi connectivity index (χ3n) is 1.04. The zero-order chi connectivity index (χ0) is 7.56. The number of carboxylic acid groups (broad SMARTS) is 1. The van der Waals surface area contributed by atoms with Gasteiger partial charge in [0.1, 0.15) is 5.76 Å². The van der Waals surface area contributed by atoms with Crippen molar-refractivity contribution in [2.45, 2.75) is 6.10 Å². The molecule has 1 aromatic heterocycles. The number of hydrogen-bond donors (Lipinski definition) is 1. The summed E-state index contributed by atoms with van der Waals surface area (Å²) in [6, 6.07) is 2.85. The first-order valence-corrected chi connectivity index (χ1v) is 2.64. The molecule has 4 nitrogen and oxygen atoms in total. The first-order chi connectivity index (χ1) is 4.72. The molecule has 0 fully saturated rings. The minimum Gasteiger partial charge on any atom is -0.547 e. The number of aliphatic hydroxyl groups is 1. The van der Waals surface area contributed by atoms with Gasteiger partial charge in [-0.1, -0.05) is 0 Å². The first-order valence-electron chi connectivity index (χ1n) is 2.64. The average Bonchev–Trinajstić information content (AvgIpc) is 2.36. The van der Waals surface area contributed by atoms with Gasteiger partial charge in [-0.3, -0.25) is 0 Å². The third-order valence-corrected chi connectivity index (χ3v) is 1.04. The lowest BCUT2D eigenvalue weighted by molar-refractivity contribution is -0.316. The van der Waals surface area contributed by atoms with Gasteiger partial charge in [0, 0.05) is 0 Å². The number of aliphatic carboxylic acids is 1. The van der Waals surface area contributed by atoms with Gasteiger partial charge >= 0.3 is 0 Å². The van der Waals surface area contributed by atoms with E-state index in [1.165, 1.54) is 18.4 Å². The maximum Gasteiger partial charge on any atom is 0.151 e. The molecule has 1 aromatic rings. The largest absolute Gasteiger partial charge is 0.547 e. The molecule has 0 spiro atoms. The molecule has 10 heavy (non-hydrogen) atoms. The Morgan fingerprint density at radius 2 is 2.50 bits per heavy atom. The summed E-state index contributed by atoms with van der Waals surface area (Å²) in [6.07, 6.45) is -0.378. The van der Waals surface area contributed by atoms with Crippen LogP contribution in [0, 0.1) is 0 Å². The van der Waals surface area contributed by atoms with E-state index in [4.69, 9.17) is 5.11 Å². The van der Waals surface area contributed by atoms with Crippen molar-refractivity contribution < 1.29 is 19.4 Å². The molecule has 54 valence electrons. The van der Waals surface area contributed by atoms with Crippen LogP contribution in [0.15, 0.2) is 22.8 Å². The minimum atomic E-state index is -1.66. The summed E-state index contributed by atoms with van der Waals surface area (Å²) in [6.45, 7) is 0. The van der Waals surface area contributed by atoms with Crippen molar-refractivity contribution in [1.82, 2.24) is 0 Å². The van der Waals surface area contributed by atoms with E-state index >= 15 is 0 Å². The van der Waals surface area contributed by atoms with Crippen LogP contribution in [-0.4, -0.2) is 11.1 Å². The van der Waals surface area contributed by atoms with Gasteiger partial charge in [0.15, 0.2) is 6.10 Å². The molecule has 0 saturated heterocycles. The van der Waals surface area contributed by atoms with Crippen molar-refractivity contribution in [3.05, 3.63) is 24.2 Å². The highest BCUT2D eigenvalue weighted by Crippen LogP contribution is 2.10. The molecule has 0 aromatic carbocycles. The van der Waals surface area contributed by atoms with Crippen molar-refractivity contribution in [3.63, 3.8) is 0 Å². The Labute approximate surface area is 56.7 Å². The number of carbonyl (C=O) groups is 1. The maximum atomic E-state index is 9.98. The van der Waals surface area contributed by atoms with Crippen LogP contribution in [0.3, 0.4) is 0 Å². The molecule has 1 atom stereocenters. The van der Waals surface area contributed by atoms with E-state index in [2.05, 4.69) is 4.42 Å². The molecule has 4 heteroatoms. The predicted octanol–water partition coefficient (Wildman–Crippen LogP) is -0.937. The Kier molecular flexibility index (Phi) is 1.73. The number of rotatable bonds is 2. The van der Waals surface area contributed by atoms with Gasteiger partial charge < -0.3 is 19.4 Å². The highest BCUT2D eigenvalue weighted by molar-refractivity contribution is 5.70. The topological polar surface area (TPSA) is 73.5 Å². The Morgan fingerprint density at radius 3 is 2.90 bits per heavy atom. The number of hydrogen-bond acceptors (Lipinski definition) is 4. The lowest BCUT2D eigenvalue weighted by atomic mass is 10.3. The molecule has 0 radical (unpaired) electrons. The summed E-state index contributed by atoms with van der Waals surface area (Å²) in [5.74, 6) is -1.57. The normalized spacial score (nSPS) is 12.9. The van der Waals surface area contributed by atoms with E-state index in [0.717, 1.165) is 0 Å². The van der Waals surface area contributed by atoms with Crippen LogP contribution in [0.25, 0.3) is 0 Å². The maximum absolute atomic E-state index is 9.98. The van der Waals surface area contributed by atoms with Gasteiger partial charge in [0.05, 0.1) is 12.2 Å². The molecular weight excluding hydrogens is 136 g/mol. The van der Waals surface area contributed by atoms with Crippen molar-refractivity contribution in [2.24, 2.45) is 0 Å². The van der Waals surface area contributed by atoms with Gasteiger partial charge in [-0.2, -0.15) is 0 Å². The Balaban J connectivity index is 2.77. The van der Waals surface area contributed by atoms with Gasteiger partial charge in [-0.15, -0.1) is 0 Å². The van der Waals surface area contributed by atoms with Crippen molar-refractivity contribution >= 4 is 5.97 Å². The van der Waals surface area contributed by atoms with Gasteiger partial charge in [0.2, 0.25) is 0 Å². The summed E-state index contributed by atoms with van der Waals surface area (Å²) in [5.41, 5.74) is 0. The van der Waals surface area contributed by atoms with E-state index in [0.29, 0.717) is 0 Å². The first kappa shape index (κ1) is 6.82. The van der Waals surface area contributed by atoms with Gasteiger partial charge in [-0.25, -0.2) is 0 Å². The number of aliphatic hydroxyl groups excluding tert-OH is 1. The fourth-order valence-electron chi connectivity index (χ4n) is 0.563. The van der Waals surface area contributed by atoms with E-state index in [-0.39, 0.29) is 5.76 Å². The van der Waals surface area contributed by atoms with E-state index in [1.54, 1.807) is 0 Å². The summed E-state index contributed by atoms with van der Waals surface area (Å²) in [5, 5.41) is 18.7. The number of carboxylic acids is 1. The van der Waals surface area contributed by atoms with E-state index in [1.807, 2.05) is 0 Å². The van der Waals surface area contributed by atoms with E-state index in [9.17, 15) is 9.90 Å². The molecule has 1 rings (SSSR count). The fourth-order valence-corrected chi connectivity index (χ4v) is 0.563. The zero-order valence-corrected chi connectivity index (χ0v) is 4.98. The zero-order valence-electron chi connectivity index (χ0n) is 4.98. The van der Waals surface area contributed by atoms with Crippen LogP contribution in [0.2, 0.25) is 0 Å². The summed E-state index contributed by atoms with van der Waals surface area (Å²) >= 11 is 0. The van der Waals surface area contributed by atoms with Crippen molar-refractivity contribution in [1.29, 1.82) is 0 Å². The van der Waals surface area contributed by atoms with E-state index < -0.39 is 12.1 Å². The molecule has 0 unspecified atom stereocenters. The van der Waals surface area contributed by atoms with Crippen LogP contribution in [-0.2, 0) is 4.79 Å². The van der Waals surface area contributed by atoms with Gasteiger partial charge in [-0.05, 0) is 12.1 Å². The fraction of sp³-hybridized carbons (Fsp3) is 0.167. The average molecular weight is 141 g/mol. The molecular formula is C6H5O4-.